The summed E-state index contributed by atoms with van der Waals surface area (Å²) in [6, 6.07) is 22.4. The van der Waals surface area contributed by atoms with Crippen LogP contribution in [0.5, 0.6) is 0 Å². The number of amides is 5. The maximum Gasteiger partial charge on any atom is 0.358 e. The molecule has 4 saturated carbocycles. The number of carboxylic acids is 1. The van der Waals surface area contributed by atoms with Gasteiger partial charge >= 0.3 is 5.97 Å². The maximum atomic E-state index is 12.3. The molecule has 2 aromatic carbocycles. The summed E-state index contributed by atoms with van der Waals surface area (Å²) in [6.45, 7) is 21.4. The van der Waals surface area contributed by atoms with Crippen molar-refractivity contribution in [1.29, 1.82) is 0 Å². The number of nitrogens with two attached hydrogens (primary N) is 2. The Morgan fingerprint density at radius 1 is 0.625 bits per heavy atom. The number of aromatic carboxylic acids is 1. The first kappa shape index (κ1) is 69.9. The van der Waals surface area contributed by atoms with E-state index in [1.54, 1.807) is 40.7 Å². The number of carbonyl (C=O) groups is 6. The molecule has 0 radical (unpaired) electrons. The molecule has 2 unspecified atom stereocenters. The highest BCUT2D eigenvalue weighted by Gasteiger charge is 2.40. The van der Waals surface area contributed by atoms with E-state index in [9.17, 15) is 39.0 Å². The Morgan fingerprint density at radius 2 is 1.06 bits per heavy atom. The molecule has 12 N–H and O–H groups in total. The Kier molecular flexibility index (Phi) is 25.3. The van der Waals surface area contributed by atoms with Gasteiger partial charge in [0, 0.05) is 71.0 Å². The van der Waals surface area contributed by atoms with Gasteiger partial charge in [0.1, 0.15) is 38.3 Å². The van der Waals surface area contributed by atoms with Crippen LogP contribution in [0.2, 0.25) is 18.1 Å². The topological polar surface area (TPSA) is 388 Å². The van der Waals surface area contributed by atoms with Crippen molar-refractivity contribution in [2.75, 3.05) is 0 Å². The molecular formula is C60H85N13O12S2Si. The van der Waals surface area contributed by atoms with Gasteiger partial charge in [0.05, 0.1) is 0 Å². The van der Waals surface area contributed by atoms with E-state index in [1.165, 1.54) is 28.7 Å². The molecule has 25 nitrogen and oxygen atoms in total. The lowest BCUT2D eigenvalue weighted by atomic mass is 9.76. The number of hydrogen-bond acceptors (Lipinski definition) is 21. The third-order valence-electron chi connectivity index (χ3n) is 15.6. The second kappa shape index (κ2) is 31.8. The fraction of sp³-hybridized carbons (Fsp3) is 0.533. The third kappa shape index (κ3) is 20.4. The molecule has 6 aromatic rings. The van der Waals surface area contributed by atoms with Gasteiger partial charge in [0.2, 0.25) is 17.7 Å². The number of carboxylic acid groups (broad SMARTS) is 1. The molecule has 478 valence electrons. The second-order valence-corrected chi connectivity index (χ2v) is 31.4. The Labute approximate surface area is 521 Å². The van der Waals surface area contributed by atoms with E-state index in [0.29, 0.717) is 52.3 Å². The zero-order valence-electron chi connectivity index (χ0n) is 51.7. The van der Waals surface area contributed by atoms with E-state index in [4.69, 9.17) is 30.0 Å². The number of nitrogens with zero attached hydrogens (tertiary/aromatic N) is 6. The quantitative estimate of drug-likeness (QED) is 0.0345. The monoisotopic (exact) mass is 1270 g/mol. The molecule has 0 bridgehead atoms. The molecule has 10 rings (SSSR count). The highest BCUT2D eigenvalue weighted by atomic mass is 32.1. The largest absolute Gasteiger partial charge is 0.476 e. The number of carbonyl (C=O) groups excluding carboxylic acids is 5. The molecule has 4 aromatic heterocycles. The molecule has 3 atom stereocenters. The number of benzene rings is 2. The molecule has 4 aliphatic carbocycles. The zero-order chi connectivity index (χ0) is 64.6. The summed E-state index contributed by atoms with van der Waals surface area (Å²) in [5, 5.41) is 57.1. The van der Waals surface area contributed by atoms with Crippen LogP contribution in [0.25, 0.3) is 22.6 Å². The van der Waals surface area contributed by atoms with Crippen molar-refractivity contribution in [1.82, 2.24) is 57.7 Å². The average molecular weight is 1270 g/mol. The van der Waals surface area contributed by atoms with Gasteiger partial charge in [0.25, 0.3) is 11.8 Å². The molecule has 4 heterocycles. The van der Waals surface area contributed by atoms with Crippen LogP contribution in [-0.4, -0.2) is 114 Å². The predicted octanol–water partition coefficient (Wildman–Crippen LogP) is 7.88. The second-order valence-electron chi connectivity index (χ2n) is 24.6. The molecule has 0 spiro atoms. The number of hydrogen-bond donors (Lipinski definition) is 10. The van der Waals surface area contributed by atoms with Crippen molar-refractivity contribution in [2.24, 2.45) is 35.1 Å². The van der Waals surface area contributed by atoms with E-state index in [-0.39, 0.29) is 81.7 Å². The van der Waals surface area contributed by atoms with Crippen LogP contribution in [0.15, 0.2) is 81.8 Å². The molecule has 0 aliphatic heterocycles. The van der Waals surface area contributed by atoms with E-state index in [0.717, 1.165) is 59.7 Å². The van der Waals surface area contributed by atoms with Gasteiger partial charge in [-0.25, -0.2) is 4.79 Å². The summed E-state index contributed by atoms with van der Waals surface area (Å²) in [4.78, 5) is 69.1. The molecule has 5 amide bonds. The number of aromatic nitrogens is 6. The lowest BCUT2D eigenvalue weighted by Crippen LogP contribution is -2.53. The van der Waals surface area contributed by atoms with Crippen LogP contribution < -0.4 is 38.5 Å². The average Bonchev–Trinajstić information content (AvgIpc) is 4.51. The summed E-state index contributed by atoms with van der Waals surface area (Å²) < 4.78 is 16.1. The minimum atomic E-state index is -1.99. The van der Waals surface area contributed by atoms with Crippen LogP contribution in [-0.2, 0) is 23.6 Å². The van der Waals surface area contributed by atoms with Gasteiger partial charge in [-0.05, 0) is 96.2 Å². The Balaban J connectivity index is 0.000000181. The van der Waals surface area contributed by atoms with Crippen molar-refractivity contribution in [3.05, 3.63) is 104 Å². The minimum Gasteiger partial charge on any atom is -0.476 e. The van der Waals surface area contributed by atoms with Gasteiger partial charge in [0.15, 0.2) is 31.2 Å². The fourth-order valence-corrected chi connectivity index (χ4v) is 12.0. The van der Waals surface area contributed by atoms with Crippen LogP contribution in [0, 0.1) is 23.7 Å². The van der Waals surface area contributed by atoms with E-state index in [2.05, 4.69) is 98.5 Å². The number of aliphatic hydroxyl groups is 2. The van der Waals surface area contributed by atoms with E-state index >= 15 is 0 Å². The van der Waals surface area contributed by atoms with Crippen molar-refractivity contribution in [3.8, 4) is 22.6 Å². The summed E-state index contributed by atoms with van der Waals surface area (Å²) in [6.07, 6.45) is 5.20. The van der Waals surface area contributed by atoms with Crippen molar-refractivity contribution in [3.63, 3.8) is 0 Å². The molecular weight excluding hydrogens is 1190 g/mol. The van der Waals surface area contributed by atoms with Crippen LogP contribution in [0.3, 0.4) is 0 Å². The lowest BCUT2D eigenvalue weighted by molar-refractivity contribution is -0.136. The maximum absolute atomic E-state index is 12.3. The Hall–Kier alpha value is -7.18. The molecule has 88 heavy (non-hydrogen) atoms. The summed E-state index contributed by atoms with van der Waals surface area (Å²) in [5.41, 5.74) is 22.9. The minimum absolute atomic E-state index is 0.0301. The molecule has 4 aliphatic rings. The van der Waals surface area contributed by atoms with Crippen LogP contribution in [0.1, 0.15) is 179 Å². The van der Waals surface area contributed by atoms with E-state index in [1.807, 2.05) is 60.7 Å². The summed E-state index contributed by atoms with van der Waals surface area (Å²) in [7, 11) is -1.99. The highest BCUT2D eigenvalue weighted by Crippen LogP contribution is 2.41. The SMILES string of the molecule is CC(C)C(=O)NNC(=O)C1CC(N)C1.CC(O)c1nnc(C2CC(N)C2)s1.CC(O)c1nnc(C2CC(NC(=O)c3cc(-c4ccccc4)on3)C2)s1.CC1CC(C(=O)NNC(=O)[C@@H](C)O[Si](C)(C)C(C)(C)C)C1.O=C(O)c1cc(-c2ccccc2)on1. The molecule has 4 fully saturated rings. The van der Waals surface area contributed by atoms with Crippen molar-refractivity contribution >= 4 is 66.5 Å². The van der Waals surface area contributed by atoms with E-state index < -0.39 is 32.6 Å². The zero-order valence-corrected chi connectivity index (χ0v) is 54.3. The number of hydrazine groups is 2. The fourth-order valence-electron chi connectivity index (χ4n) is 8.82. The highest BCUT2D eigenvalue weighted by molar-refractivity contribution is 7.11. The van der Waals surface area contributed by atoms with Gasteiger partial charge in [-0.3, -0.25) is 45.7 Å². The van der Waals surface area contributed by atoms with Gasteiger partial charge in [-0.2, -0.15) is 0 Å². The number of aliphatic hydroxyl groups excluding tert-OH is 2. The summed E-state index contributed by atoms with van der Waals surface area (Å²) in [5.74, 6) is 0.263. The first-order valence-corrected chi connectivity index (χ1v) is 34.0. The first-order valence-electron chi connectivity index (χ1n) is 29.5. The standard InChI is InChI=1S/C18H18N4O3S.C15H30N2O3Si.C10H7NO3.C9H17N3O2.C8H13N3OS/c1-10(23)17-20-21-18(26-17)12-7-13(8-12)19-16(24)14-9-15(25-22-14)11-5-3-2-4-6-11;1-10-8-12(9-10)14(19)17-16-13(18)11(2)20-21(6,7)15(3,4)5;12-10(13)8-6-9(14-11-8)7-4-2-1-3-5-7;1-5(2)8(13)11-12-9(14)6-3-7(10)4-6;1-4(12)7-10-11-8(13-7)5-2-6(9)3-5/h2-6,9-10,12-13,23H,7-8H2,1H3,(H,19,24);10-12H,8-9H2,1-7H3,(H,16,18)(H,17,19);1-6H,(H,12,13);5-7H,3-4,10H2,1-2H3,(H,11,13)(H,12,14);4-6,12H,2-3,9H2,1H3/t;10?,11-,12?;;;/m.1.../s1. The van der Waals surface area contributed by atoms with Gasteiger partial charge < -0.3 is 45.6 Å². The molecule has 28 heteroatoms. The number of nitrogens with one attached hydrogen (secondary N) is 5. The van der Waals surface area contributed by atoms with Gasteiger partial charge in [-0.15, -0.1) is 20.4 Å². The van der Waals surface area contributed by atoms with Crippen LogP contribution >= 0.6 is 22.7 Å². The first-order chi connectivity index (χ1) is 41.5. The van der Waals surface area contributed by atoms with Crippen molar-refractivity contribution in [2.45, 2.75) is 180 Å². The smallest absolute Gasteiger partial charge is 0.358 e. The van der Waals surface area contributed by atoms with Gasteiger partial charge in [-0.1, -0.05) is 135 Å². The molecule has 0 saturated heterocycles. The number of rotatable bonds is 15. The normalized spacial score (nSPS) is 21.8. The Morgan fingerprint density at radius 3 is 1.45 bits per heavy atom. The summed E-state index contributed by atoms with van der Waals surface area (Å²) >= 11 is 2.93. The Bertz CT molecular complexity index is 3220. The van der Waals surface area contributed by atoms with Crippen LogP contribution in [0.4, 0.5) is 0 Å². The van der Waals surface area contributed by atoms with Crippen molar-refractivity contribution < 1.29 is 57.6 Å². The predicted molar refractivity (Wildman–Crippen MR) is 333 cm³/mol. The third-order valence-corrected chi connectivity index (χ3v) is 22.7. The lowest BCUT2D eigenvalue weighted by Gasteiger charge is -2.38.